The predicted octanol–water partition coefficient (Wildman–Crippen LogP) is 3.94. The van der Waals surface area contributed by atoms with Gasteiger partial charge in [-0.05, 0) is 55.5 Å². The van der Waals surface area contributed by atoms with Crippen LogP contribution in [0.1, 0.15) is 18.4 Å². The first-order valence-electron chi connectivity index (χ1n) is 12.5. The summed E-state index contributed by atoms with van der Waals surface area (Å²) in [6.07, 6.45) is 1.76. The molecule has 3 aromatic rings. The lowest BCUT2D eigenvalue weighted by atomic mass is 9.99. The zero-order valence-electron chi connectivity index (χ0n) is 21.5. The molecule has 2 fully saturated rings. The van der Waals surface area contributed by atoms with Crippen LogP contribution in [0.4, 0.5) is 5.69 Å². The minimum atomic E-state index is -0.287. The fourth-order valence-corrected chi connectivity index (χ4v) is 5.15. The molecule has 36 heavy (non-hydrogen) atoms. The molecule has 2 aliphatic heterocycles. The summed E-state index contributed by atoms with van der Waals surface area (Å²) in [6, 6.07) is 10.1. The van der Waals surface area contributed by atoms with Gasteiger partial charge >= 0.3 is 0 Å². The first kappa shape index (κ1) is 24.7. The Labute approximate surface area is 211 Å². The van der Waals surface area contributed by atoms with E-state index >= 15 is 0 Å². The Morgan fingerprint density at radius 1 is 0.944 bits per heavy atom. The molecule has 0 atom stereocenters. The van der Waals surface area contributed by atoms with Crippen LogP contribution in [0.5, 0.6) is 17.4 Å². The quantitative estimate of drug-likeness (QED) is 0.440. The van der Waals surface area contributed by atoms with Gasteiger partial charge in [-0.25, -0.2) is 4.52 Å². The van der Waals surface area contributed by atoms with Gasteiger partial charge < -0.3 is 33.3 Å². The molecule has 0 unspecified atom stereocenters. The molecule has 0 aliphatic carbocycles. The van der Waals surface area contributed by atoms with E-state index in [1.165, 1.54) is 0 Å². The van der Waals surface area contributed by atoms with E-state index in [9.17, 15) is 0 Å². The molecular formula is C27H35N3O6. The fraction of sp³-hybridized carbons (Fsp3) is 0.519. The van der Waals surface area contributed by atoms with E-state index in [-0.39, 0.29) is 6.29 Å². The summed E-state index contributed by atoms with van der Waals surface area (Å²) in [6.45, 7) is 6.25. The van der Waals surface area contributed by atoms with E-state index in [0.29, 0.717) is 31.6 Å². The van der Waals surface area contributed by atoms with Gasteiger partial charge in [0.05, 0.1) is 57.9 Å². The lowest BCUT2D eigenvalue weighted by Crippen LogP contribution is -2.38. The highest BCUT2D eigenvalue weighted by molar-refractivity contribution is 5.84. The molecule has 0 saturated carbocycles. The van der Waals surface area contributed by atoms with Crippen molar-refractivity contribution in [2.24, 2.45) is 5.92 Å². The third-order valence-corrected chi connectivity index (χ3v) is 6.90. The van der Waals surface area contributed by atoms with Crippen LogP contribution in [0.2, 0.25) is 0 Å². The van der Waals surface area contributed by atoms with E-state index in [1.54, 1.807) is 21.3 Å². The lowest BCUT2D eigenvalue weighted by Gasteiger charge is -2.32. The van der Waals surface area contributed by atoms with Gasteiger partial charge in [-0.3, -0.25) is 0 Å². The van der Waals surface area contributed by atoms with E-state index in [2.05, 4.69) is 11.0 Å². The van der Waals surface area contributed by atoms with Crippen LogP contribution in [0.15, 0.2) is 30.3 Å². The van der Waals surface area contributed by atoms with Gasteiger partial charge in [-0.15, -0.1) is 5.10 Å². The summed E-state index contributed by atoms with van der Waals surface area (Å²) in [4.78, 5) is 2.31. The van der Waals surface area contributed by atoms with Gasteiger partial charge in [0.2, 0.25) is 0 Å². The van der Waals surface area contributed by atoms with Gasteiger partial charge in [0.15, 0.2) is 6.29 Å². The maximum Gasteiger partial charge on any atom is 0.257 e. The predicted molar refractivity (Wildman–Crippen MR) is 136 cm³/mol. The van der Waals surface area contributed by atoms with Crippen LogP contribution in [0.3, 0.4) is 0 Å². The van der Waals surface area contributed by atoms with Gasteiger partial charge in [0, 0.05) is 19.8 Å². The fourth-order valence-electron chi connectivity index (χ4n) is 5.15. The van der Waals surface area contributed by atoms with Crippen molar-refractivity contribution in [2.75, 3.05) is 65.7 Å². The van der Waals surface area contributed by atoms with Crippen molar-refractivity contribution in [2.45, 2.75) is 26.1 Å². The van der Waals surface area contributed by atoms with E-state index in [1.807, 2.05) is 35.7 Å². The summed E-state index contributed by atoms with van der Waals surface area (Å²) >= 11 is 0. The maximum absolute atomic E-state index is 5.85. The van der Waals surface area contributed by atoms with Crippen molar-refractivity contribution >= 4 is 11.2 Å². The van der Waals surface area contributed by atoms with Gasteiger partial charge in [-0.2, -0.15) is 0 Å². The number of aromatic nitrogens is 2. The van der Waals surface area contributed by atoms with Crippen LogP contribution < -0.4 is 19.1 Å². The number of ether oxygens (including phenoxy) is 6. The van der Waals surface area contributed by atoms with Crippen molar-refractivity contribution in [3.63, 3.8) is 0 Å². The summed E-state index contributed by atoms with van der Waals surface area (Å²) < 4.78 is 36.6. The second kappa shape index (κ2) is 10.9. The summed E-state index contributed by atoms with van der Waals surface area (Å²) in [5.74, 6) is 2.50. The number of anilines is 1. The zero-order chi connectivity index (χ0) is 25.1. The normalized spacial score (nSPS) is 17.0. The third kappa shape index (κ3) is 4.83. The Balaban J connectivity index is 1.63. The molecule has 0 amide bonds. The first-order chi connectivity index (χ1) is 17.6. The Kier molecular flexibility index (Phi) is 7.50. The molecule has 0 N–H and O–H groups in total. The first-order valence-corrected chi connectivity index (χ1v) is 12.5. The Morgan fingerprint density at radius 3 is 2.28 bits per heavy atom. The molecule has 5 rings (SSSR count). The number of methoxy groups -OCH3 is 3. The van der Waals surface area contributed by atoms with Crippen molar-refractivity contribution < 1.29 is 28.4 Å². The highest BCUT2D eigenvalue weighted by atomic mass is 16.7. The van der Waals surface area contributed by atoms with E-state index < -0.39 is 0 Å². The maximum atomic E-state index is 5.85. The molecule has 4 heterocycles. The Bertz CT molecular complexity index is 1160. The number of benzene rings is 1. The van der Waals surface area contributed by atoms with Gasteiger partial charge in [0.25, 0.3) is 5.88 Å². The van der Waals surface area contributed by atoms with Crippen LogP contribution in [-0.2, 0) is 14.2 Å². The number of rotatable bonds is 9. The topological polar surface area (TPSA) is 75.9 Å². The van der Waals surface area contributed by atoms with Gasteiger partial charge in [0.1, 0.15) is 17.2 Å². The Morgan fingerprint density at radius 2 is 1.64 bits per heavy atom. The zero-order valence-corrected chi connectivity index (χ0v) is 21.5. The molecule has 2 saturated heterocycles. The van der Waals surface area contributed by atoms with Gasteiger partial charge in [-0.1, -0.05) is 6.07 Å². The molecule has 0 spiro atoms. The highest BCUT2D eigenvalue weighted by Crippen LogP contribution is 2.42. The van der Waals surface area contributed by atoms with Crippen molar-refractivity contribution in [3.8, 4) is 28.6 Å². The third-order valence-electron chi connectivity index (χ3n) is 6.90. The largest absolute Gasteiger partial charge is 0.496 e. The molecule has 0 bridgehead atoms. The molecule has 1 aromatic carbocycles. The monoisotopic (exact) mass is 497 g/mol. The minimum Gasteiger partial charge on any atom is -0.496 e. The molecule has 9 nitrogen and oxygen atoms in total. The molecule has 2 aromatic heterocycles. The van der Waals surface area contributed by atoms with Crippen molar-refractivity contribution in [1.29, 1.82) is 0 Å². The number of aryl methyl sites for hydroxylation is 1. The number of nitrogens with zero attached hydrogens (tertiary/aromatic N) is 3. The molecule has 194 valence electrons. The summed E-state index contributed by atoms with van der Waals surface area (Å²) in [5, 5.41) is 4.90. The highest BCUT2D eigenvalue weighted by Gasteiger charge is 2.29. The second-order valence-corrected chi connectivity index (χ2v) is 9.24. The summed E-state index contributed by atoms with van der Waals surface area (Å²) in [7, 11) is 5.00. The average Bonchev–Trinajstić information content (AvgIpc) is 3.55. The summed E-state index contributed by atoms with van der Waals surface area (Å²) in [5.41, 5.74) is 4.60. The average molecular weight is 498 g/mol. The second-order valence-electron chi connectivity index (χ2n) is 9.24. The van der Waals surface area contributed by atoms with Crippen LogP contribution in [-0.4, -0.2) is 76.8 Å². The van der Waals surface area contributed by atoms with E-state index in [4.69, 9.17) is 33.5 Å². The SMILES string of the molecule is COc1cc(C)cc(OC)c1-c1cccc2c(N(CC3CCOCC3)CC3OCCO3)c(OC)nn12. The number of hydrogen-bond donors (Lipinski definition) is 0. The minimum absolute atomic E-state index is 0.287. The molecular weight excluding hydrogens is 462 g/mol. The van der Waals surface area contributed by atoms with Crippen LogP contribution in [0.25, 0.3) is 16.8 Å². The number of hydrogen-bond acceptors (Lipinski definition) is 8. The smallest absolute Gasteiger partial charge is 0.257 e. The Hall–Kier alpha value is -3.01. The number of pyridine rings is 1. The van der Waals surface area contributed by atoms with Crippen molar-refractivity contribution in [3.05, 3.63) is 35.9 Å². The molecule has 9 heteroatoms. The molecule has 2 aliphatic rings. The van der Waals surface area contributed by atoms with E-state index in [0.717, 1.165) is 72.1 Å². The standard InChI is InChI=1S/C27H35N3O6/c1-18-14-22(31-2)25(23(15-18)32-3)20-6-5-7-21-26(27(33-4)28-30(20)21)29(17-24-35-12-13-36-24)16-19-8-10-34-11-9-19/h5-7,14-15,19,24H,8-13,16-17H2,1-4H3. The van der Waals surface area contributed by atoms with Crippen LogP contribution in [0, 0.1) is 12.8 Å². The lowest BCUT2D eigenvalue weighted by molar-refractivity contribution is -0.0351. The molecule has 0 radical (unpaired) electrons. The van der Waals surface area contributed by atoms with Crippen LogP contribution >= 0.6 is 0 Å². The number of fused-ring (bicyclic) bond motifs is 1. The van der Waals surface area contributed by atoms with Crippen molar-refractivity contribution in [1.82, 2.24) is 9.61 Å².